The van der Waals surface area contributed by atoms with E-state index >= 15 is 0 Å². The summed E-state index contributed by atoms with van der Waals surface area (Å²) in [6.07, 6.45) is 3.99. The van der Waals surface area contributed by atoms with Crippen LogP contribution in [0.2, 0.25) is 0 Å². The molecule has 7 heteroatoms. The predicted octanol–water partition coefficient (Wildman–Crippen LogP) is 2.73. The maximum Gasteiger partial charge on any atom is 0.230 e. The van der Waals surface area contributed by atoms with Gasteiger partial charge in [-0.1, -0.05) is 12.8 Å². The lowest BCUT2D eigenvalue weighted by atomic mass is 9.84. The molecule has 0 aliphatic heterocycles. The molecule has 1 aliphatic rings. The van der Waals surface area contributed by atoms with Gasteiger partial charge in [-0.2, -0.15) is 0 Å². The van der Waals surface area contributed by atoms with E-state index in [2.05, 4.69) is 15.6 Å². The SMILES string of the molecule is CCOc1cc(NC(=NC)NCC2(C(=O)N(C)C)CCCC2)ccc1OC. The number of rotatable bonds is 7. The molecule has 0 spiro atoms. The molecule has 27 heavy (non-hydrogen) atoms. The predicted molar refractivity (Wildman–Crippen MR) is 109 cm³/mol. The number of nitrogens with zero attached hydrogens (tertiary/aromatic N) is 2. The molecule has 1 aliphatic carbocycles. The molecule has 0 aromatic heterocycles. The number of amides is 1. The fourth-order valence-corrected chi connectivity index (χ4v) is 3.58. The van der Waals surface area contributed by atoms with Crippen LogP contribution in [0.25, 0.3) is 0 Å². The number of hydrogen-bond acceptors (Lipinski definition) is 4. The number of nitrogens with one attached hydrogen (secondary N) is 2. The lowest BCUT2D eigenvalue weighted by molar-refractivity contribution is -0.138. The first kappa shape index (κ1) is 20.9. The maximum atomic E-state index is 12.7. The van der Waals surface area contributed by atoms with E-state index in [1.54, 1.807) is 19.1 Å². The highest BCUT2D eigenvalue weighted by Crippen LogP contribution is 2.39. The van der Waals surface area contributed by atoms with Crippen LogP contribution in [-0.2, 0) is 4.79 Å². The van der Waals surface area contributed by atoms with Crippen LogP contribution in [0.5, 0.6) is 11.5 Å². The first-order valence-corrected chi connectivity index (χ1v) is 9.46. The largest absolute Gasteiger partial charge is 0.493 e. The normalized spacial score (nSPS) is 16.0. The van der Waals surface area contributed by atoms with Gasteiger partial charge >= 0.3 is 0 Å². The highest BCUT2D eigenvalue weighted by Gasteiger charge is 2.42. The van der Waals surface area contributed by atoms with Crippen molar-refractivity contribution in [3.05, 3.63) is 18.2 Å². The Morgan fingerprint density at radius 1 is 1.26 bits per heavy atom. The molecule has 2 N–H and O–H groups in total. The molecule has 1 fully saturated rings. The van der Waals surface area contributed by atoms with Crippen LogP contribution in [0.1, 0.15) is 32.6 Å². The van der Waals surface area contributed by atoms with Crippen LogP contribution >= 0.6 is 0 Å². The fraction of sp³-hybridized carbons (Fsp3) is 0.600. The van der Waals surface area contributed by atoms with Crippen molar-refractivity contribution in [1.82, 2.24) is 10.2 Å². The Morgan fingerprint density at radius 2 is 1.96 bits per heavy atom. The van der Waals surface area contributed by atoms with Crippen LogP contribution in [0, 0.1) is 5.41 Å². The second-order valence-electron chi connectivity index (χ2n) is 7.04. The number of carbonyl (C=O) groups excluding carboxylic acids is 1. The van der Waals surface area contributed by atoms with Gasteiger partial charge in [-0.05, 0) is 31.9 Å². The van der Waals surface area contributed by atoms with E-state index in [1.165, 1.54) is 0 Å². The highest BCUT2D eigenvalue weighted by molar-refractivity contribution is 5.94. The molecule has 7 nitrogen and oxygen atoms in total. The quantitative estimate of drug-likeness (QED) is 0.565. The molecular weight excluding hydrogens is 344 g/mol. The number of anilines is 1. The number of ether oxygens (including phenoxy) is 2. The molecular formula is C20H32N4O3. The van der Waals surface area contributed by atoms with Gasteiger partial charge in [0.25, 0.3) is 0 Å². The summed E-state index contributed by atoms with van der Waals surface area (Å²) in [7, 11) is 6.98. The average Bonchev–Trinajstić information content (AvgIpc) is 3.15. The second-order valence-corrected chi connectivity index (χ2v) is 7.04. The third-order valence-corrected chi connectivity index (χ3v) is 4.96. The van der Waals surface area contributed by atoms with E-state index in [0.29, 0.717) is 30.6 Å². The number of carbonyl (C=O) groups is 1. The van der Waals surface area contributed by atoms with Gasteiger partial charge in [-0.3, -0.25) is 9.79 Å². The number of benzene rings is 1. The van der Waals surface area contributed by atoms with Gasteiger partial charge in [-0.25, -0.2) is 0 Å². The summed E-state index contributed by atoms with van der Waals surface area (Å²) in [5.41, 5.74) is 0.490. The summed E-state index contributed by atoms with van der Waals surface area (Å²) in [6, 6.07) is 5.64. The third kappa shape index (κ3) is 5.05. The van der Waals surface area contributed by atoms with Crippen molar-refractivity contribution in [2.24, 2.45) is 10.4 Å². The molecule has 1 aromatic rings. The number of guanidine groups is 1. The Balaban J connectivity index is 2.07. The molecule has 0 atom stereocenters. The molecule has 150 valence electrons. The van der Waals surface area contributed by atoms with E-state index in [4.69, 9.17) is 9.47 Å². The Kier molecular flexibility index (Phi) is 7.33. The Hall–Kier alpha value is -2.44. The van der Waals surface area contributed by atoms with Gasteiger partial charge in [0.2, 0.25) is 5.91 Å². The van der Waals surface area contributed by atoms with Crippen LogP contribution in [0.4, 0.5) is 5.69 Å². The van der Waals surface area contributed by atoms with Crippen LogP contribution in [0.15, 0.2) is 23.2 Å². The Labute approximate surface area is 162 Å². The lowest BCUT2D eigenvalue weighted by Gasteiger charge is -2.31. The van der Waals surface area contributed by atoms with Crippen molar-refractivity contribution in [3.8, 4) is 11.5 Å². The Bertz CT molecular complexity index is 667. The molecule has 0 radical (unpaired) electrons. The van der Waals surface area contributed by atoms with Gasteiger partial charge in [-0.15, -0.1) is 0 Å². The van der Waals surface area contributed by atoms with Gasteiger partial charge in [0.15, 0.2) is 17.5 Å². The molecule has 2 rings (SSSR count). The zero-order chi connectivity index (χ0) is 19.9. The Morgan fingerprint density at radius 3 is 2.52 bits per heavy atom. The third-order valence-electron chi connectivity index (χ3n) is 4.96. The van der Waals surface area contributed by atoms with E-state index in [9.17, 15) is 4.79 Å². The molecule has 0 unspecified atom stereocenters. The smallest absolute Gasteiger partial charge is 0.230 e. The minimum atomic E-state index is -0.350. The van der Waals surface area contributed by atoms with Crippen molar-refractivity contribution >= 4 is 17.6 Å². The minimum absolute atomic E-state index is 0.186. The summed E-state index contributed by atoms with van der Waals surface area (Å²) < 4.78 is 10.9. The van der Waals surface area contributed by atoms with Crippen molar-refractivity contribution < 1.29 is 14.3 Å². The zero-order valence-corrected chi connectivity index (χ0v) is 17.1. The number of hydrogen-bond donors (Lipinski definition) is 2. The van der Waals surface area contributed by atoms with Gasteiger partial charge in [0, 0.05) is 39.4 Å². The summed E-state index contributed by atoms with van der Waals surface area (Å²) in [4.78, 5) is 18.7. The molecule has 1 amide bonds. The summed E-state index contributed by atoms with van der Waals surface area (Å²) in [5, 5.41) is 6.60. The standard InChI is InChI=1S/C20H32N4O3/c1-6-27-17-13-15(9-10-16(17)26-5)23-19(21-2)22-14-20(11-7-8-12-20)18(25)24(3)4/h9-10,13H,6-8,11-12,14H2,1-5H3,(H2,21,22,23). The van der Waals surface area contributed by atoms with Crippen molar-refractivity contribution in [3.63, 3.8) is 0 Å². The molecule has 1 saturated carbocycles. The van der Waals surface area contributed by atoms with Gasteiger partial charge in [0.1, 0.15) is 0 Å². The second kappa shape index (κ2) is 9.48. The topological polar surface area (TPSA) is 75.2 Å². The molecule has 0 saturated heterocycles. The van der Waals surface area contributed by atoms with Crippen molar-refractivity contribution in [1.29, 1.82) is 0 Å². The van der Waals surface area contributed by atoms with E-state index < -0.39 is 0 Å². The van der Waals surface area contributed by atoms with Crippen molar-refractivity contribution in [2.75, 3.05) is 46.7 Å². The number of aliphatic imine (C=N–C) groups is 1. The molecule has 1 aromatic carbocycles. The van der Waals surface area contributed by atoms with Crippen LogP contribution in [0.3, 0.4) is 0 Å². The minimum Gasteiger partial charge on any atom is -0.493 e. The summed E-state index contributed by atoms with van der Waals surface area (Å²) in [5.74, 6) is 2.17. The first-order valence-electron chi connectivity index (χ1n) is 9.46. The average molecular weight is 377 g/mol. The van der Waals surface area contributed by atoms with Crippen molar-refractivity contribution in [2.45, 2.75) is 32.6 Å². The van der Waals surface area contributed by atoms with Gasteiger partial charge in [0.05, 0.1) is 19.1 Å². The first-order chi connectivity index (χ1) is 13.0. The lowest BCUT2D eigenvalue weighted by Crippen LogP contribution is -2.47. The highest BCUT2D eigenvalue weighted by atomic mass is 16.5. The van der Waals surface area contributed by atoms with E-state index in [0.717, 1.165) is 31.4 Å². The number of methoxy groups -OCH3 is 1. The van der Waals surface area contributed by atoms with Crippen LogP contribution in [-0.4, -0.2) is 58.2 Å². The van der Waals surface area contributed by atoms with E-state index in [-0.39, 0.29) is 11.3 Å². The monoisotopic (exact) mass is 376 g/mol. The fourth-order valence-electron chi connectivity index (χ4n) is 3.58. The molecule has 0 bridgehead atoms. The zero-order valence-electron chi connectivity index (χ0n) is 17.1. The summed E-state index contributed by atoms with van der Waals surface area (Å²) >= 11 is 0. The van der Waals surface area contributed by atoms with E-state index in [1.807, 2.05) is 39.2 Å². The van der Waals surface area contributed by atoms with Crippen LogP contribution < -0.4 is 20.1 Å². The maximum absolute atomic E-state index is 12.7. The summed E-state index contributed by atoms with van der Waals surface area (Å²) in [6.45, 7) is 3.06. The molecule has 0 heterocycles. The van der Waals surface area contributed by atoms with Gasteiger partial charge < -0.3 is 25.0 Å².